The second kappa shape index (κ2) is 7.30. The molecule has 0 bridgehead atoms. The van der Waals surface area contributed by atoms with Gasteiger partial charge in [0.1, 0.15) is 5.82 Å². The van der Waals surface area contributed by atoms with E-state index in [-0.39, 0.29) is 11.7 Å². The van der Waals surface area contributed by atoms with Crippen LogP contribution in [-0.2, 0) is 9.53 Å². The lowest BCUT2D eigenvalue weighted by molar-refractivity contribution is -0.118. The third-order valence-electron chi connectivity index (χ3n) is 2.38. The maximum absolute atomic E-state index is 11.3. The van der Waals surface area contributed by atoms with Gasteiger partial charge < -0.3 is 15.8 Å². The zero-order valence-electron chi connectivity index (χ0n) is 11.1. The number of unbranched alkanes of at least 4 members (excludes halogenated alkanes) is 1. The Labute approximate surface area is 111 Å². The summed E-state index contributed by atoms with van der Waals surface area (Å²) in [7, 11) is 1.28. The van der Waals surface area contributed by atoms with Crippen LogP contribution in [0.1, 0.15) is 35.6 Å². The number of nitrogens with zero attached hydrogens (tertiary/aromatic N) is 2. The van der Waals surface area contributed by atoms with Crippen molar-refractivity contribution in [1.29, 1.82) is 0 Å². The van der Waals surface area contributed by atoms with E-state index in [9.17, 15) is 9.59 Å². The van der Waals surface area contributed by atoms with Crippen molar-refractivity contribution in [1.82, 2.24) is 9.97 Å². The molecule has 0 aliphatic heterocycles. The van der Waals surface area contributed by atoms with Crippen LogP contribution < -0.4 is 11.1 Å². The Hall–Kier alpha value is -2.18. The number of anilines is 1. The zero-order chi connectivity index (χ0) is 14.3. The molecular weight excluding hydrogens is 248 g/mol. The van der Waals surface area contributed by atoms with Crippen LogP contribution in [0.15, 0.2) is 6.07 Å². The topological polar surface area (TPSA) is 107 Å². The third kappa shape index (κ3) is 5.33. The van der Waals surface area contributed by atoms with E-state index in [0.717, 1.165) is 12.8 Å². The summed E-state index contributed by atoms with van der Waals surface area (Å²) in [6, 6.07) is 1.74. The quantitative estimate of drug-likeness (QED) is 0.554. The fourth-order valence-corrected chi connectivity index (χ4v) is 1.48. The Morgan fingerprint density at radius 1 is 1.37 bits per heavy atom. The van der Waals surface area contributed by atoms with Crippen LogP contribution in [0, 0.1) is 6.92 Å². The summed E-state index contributed by atoms with van der Waals surface area (Å²) in [4.78, 5) is 29.9. The number of hydrogen-bond donors (Lipinski definition) is 2. The van der Waals surface area contributed by atoms with E-state index in [2.05, 4.69) is 20.0 Å². The van der Waals surface area contributed by atoms with Crippen molar-refractivity contribution in [3.8, 4) is 0 Å². The van der Waals surface area contributed by atoms with Crippen LogP contribution in [0.5, 0.6) is 0 Å². The zero-order valence-corrected chi connectivity index (χ0v) is 11.1. The molecule has 1 heterocycles. The van der Waals surface area contributed by atoms with E-state index in [1.165, 1.54) is 7.11 Å². The molecule has 0 fully saturated rings. The Bertz CT molecular complexity index is 462. The van der Waals surface area contributed by atoms with Gasteiger partial charge in [0.25, 0.3) is 0 Å². The molecule has 0 aromatic carbocycles. The smallest absolute Gasteiger partial charge is 0.376 e. The molecule has 0 saturated heterocycles. The molecule has 0 radical (unpaired) electrons. The van der Waals surface area contributed by atoms with E-state index >= 15 is 0 Å². The minimum absolute atomic E-state index is 0.0298. The maximum atomic E-state index is 11.3. The van der Waals surface area contributed by atoms with Crippen LogP contribution >= 0.6 is 0 Å². The number of nitrogens with two attached hydrogens (primary N) is 1. The highest BCUT2D eigenvalue weighted by Crippen LogP contribution is 2.07. The normalized spacial score (nSPS) is 10.0. The molecule has 0 unspecified atom stereocenters. The molecule has 0 aliphatic rings. The average Bonchev–Trinajstić information content (AvgIpc) is 2.36. The number of nitrogens with one attached hydrogen (secondary N) is 1. The molecule has 0 saturated carbocycles. The number of primary amides is 1. The first-order valence-corrected chi connectivity index (χ1v) is 5.99. The van der Waals surface area contributed by atoms with Crippen molar-refractivity contribution >= 4 is 17.7 Å². The number of esters is 1. The highest BCUT2D eigenvalue weighted by Gasteiger charge is 2.11. The van der Waals surface area contributed by atoms with Crippen molar-refractivity contribution in [2.24, 2.45) is 5.73 Å². The van der Waals surface area contributed by atoms with Gasteiger partial charge in [-0.25, -0.2) is 14.8 Å². The number of aryl methyl sites for hydroxylation is 1. The Balaban J connectivity index is 2.51. The van der Waals surface area contributed by atoms with Gasteiger partial charge in [0.05, 0.1) is 7.11 Å². The van der Waals surface area contributed by atoms with E-state index < -0.39 is 5.97 Å². The molecule has 1 amide bonds. The molecule has 7 nitrogen and oxygen atoms in total. The first-order valence-electron chi connectivity index (χ1n) is 5.99. The summed E-state index contributed by atoms with van der Waals surface area (Å²) in [5.41, 5.74) is 5.72. The number of carbonyl (C=O) groups is 2. The molecular formula is C12H18N4O3. The van der Waals surface area contributed by atoms with Crippen LogP contribution in [0.4, 0.5) is 5.82 Å². The molecule has 3 N–H and O–H groups in total. The molecule has 104 valence electrons. The van der Waals surface area contributed by atoms with Crippen LogP contribution in [0.3, 0.4) is 0 Å². The summed E-state index contributed by atoms with van der Waals surface area (Å²) in [5.74, 6) is -0.277. The van der Waals surface area contributed by atoms with E-state index in [1.54, 1.807) is 13.0 Å². The minimum atomic E-state index is -0.569. The summed E-state index contributed by atoms with van der Waals surface area (Å²) < 4.78 is 4.57. The molecule has 0 atom stereocenters. The highest BCUT2D eigenvalue weighted by molar-refractivity contribution is 5.85. The summed E-state index contributed by atoms with van der Waals surface area (Å²) in [6.45, 7) is 2.41. The number of aromatic nitrogens is 2. The fraction of sp³-hybridized carbons (Fsp3) is 0.500. The number of amides is 1. The van der Waals surface area contributed by atoms with Gasteiger partial charge in [-0.05, 0) is 19.8 Å². The third-order valence-corrected chi connectivity index (χ3v) is 2.38. The molecule has 1 aromatic rings. The van der Waals surface area contributed by atoms with Crippen LogP contribution in [0.25, 0.3) is 0 Å². The number of hydrogen-bond acceptors (Lipinski definition) is 6. The summed E-state index contributed by atoms with van der Waals surface area (Å²) >= 11 is 0. The monoisotopic (exact) mass is 266 g/mol. The van der Waals surface area contributed by atoms with E-state index in [4.69, 9.17) is 5.73 Å². The van der Waals surface area contributed by atoms with Crippen LogP contribution in [-0.4, -0.2) is 35.5 Å². The fourth-order valence-electron chi connectivity index (χ4n) is 1.48. The average molecular weight is 266 g/mol. The summed E-state index contributed by atoms with van der Waals surface area (Å²) in [5, 5.41) is 3.07. The van der Waals surface area contributed by atoms with Crippen molar-refractivity contribution in [2.45, 2.75) is 26.2 Å². The van der Waals surface area contributed by atoms with Crippen LogP contribution in [0.2, 0.25) is 0 Å². The second-order valence-corrected chi connectivity index (χ2v) is 4.06. The first-order chi connectivity index (χ1) is 9.02. The van der Waals surface area contributed by atoms with Crippen molar-refractivity contribution in [3.63, 3.8) is 0 Å². The van der Waals surface area contributed by atoms with Gasteiger partial charge in [-0.2, -0.15) is 0 Å². The van der Waals surface area contributed by atoms with Gasteiger partial charge in [-0.3, -0.25) is 4.79 Å². The molecule has 19 heavy (non-hydrogen) atoms. The Morgan fingerprint density at radius 3 is 2.74 bits per heavy atom. The predicted molar refractivity (Wildman–Crippen MR) is 69.6 cm³/mol. The first kappa shape index (κ1) is 14.9. The number of carbonyl (C=O) groups excluding carboxylic acids is 2. The molecule has 0 spiro atoms. The molecule has 7 heteroatoms. The van der Waals surface area contributed by atoms with E-state index in [0.29, 0.717) is 24.5 Å². The van der Waals surface area contributed by atoms with Gasteiger partial charge >= 0.3 is 5.97 Å². The second-order valence-electron chi connectivity index (χ2n) is 4.06. The van der Waals surface area contributed by atoms with Crippen molar-refractivity contribution in [2.75, 3.05) is 19.0 Å². The van der Waals surface area contributed by atoms with Crippen molar-refractivity contribution < 1.29 is 14.3 Å². The lowest BCUT2D eigenvalue weighted by atomic mass is 10.2. The van der Waals surface area contributed by atoms with Crippen molar-refractivity contribution in [3.05, 3.63) is 17.6 Å². The molecule has 0 aliphatic carbocycles. The van der Waals surface area contributed by atoms with Gasteiger partial charge in [0.2, 0.25) is 11.7 Å². The van der Waals surface area contributed by atoms with Gasteiger partial charge in [-0.15, -0.1) is 0 Å². The van der Waals surface area contributed by atoms with Gasteiger partial charge in [0.15, 0.2) is 0 Å². The Morgan fingerprint density at radius 2 is 2.11 bits per heavy atom. The largest absolute Gasteiger partial charge is 0.463 e. The lowest BCUT2D eigenvalue weighted by Crippen LogP contribution is -2.13. The minimum Gasteiger partial charge on any atom is -0.463 e. The van der Waals surface area contributed by atoms with Gasteiger partial charge in [0, 0.05) is 24.7 Å². The molecule has 1 rings (SSSR count). The predicted octanol–water partition coefficient (Wildman–Crippen LogP) is 0.639. The van der Waals surface area contributed by atoms with E-state index in [1.807, 2.05) is 0 Å². The summed E-state index contributed by atoms with van der Waals surface area (Å²) in [6.07, 6.45) is 1.88. The number of rotatable bonds is 7. The SMILES string of the molecule is COC(=O)c1nc(C)cc(NCCCCC(N)=O)n1. The Kier molecular flexibility index (Phi) is 5.72. The van der Waals surface area contributed by atoms with Gasteiger partial charge in [-0.1, -0.05) is 0 Å². The standard InChI is InChI=1S/C12H18N4O3/c1-8-7-10(14-6-4-3-5-9(13)17)16-11(15-8)12(18)19-2/h7H,3-6H2,1-2H3,(H2,13,17)(H,14,15,16). The molecule has 1 aromatic heterocycles. The number of methoxy groups -OCH3 is 1. The maximum Gasteiger partial charge on any atom is 0.376 e. The lowest BCUT2D eigenvalue weighted by Gasteiger charge is -2.07. The number of ether oxygens (including phenoxy) is 1. The highest BCUT2D eigenvalue weighted by atomic mass is 16.5.